The van der Waals surface area contributed by atoms with Gasteiger partial charge in [0, 0.05) is 16.8 Å². The van der Waals surface area contributed by atoms with Crippen LogP contribution in [0.3, 0.4) is 0 Å². The van der Waals surface area contributed by atoms with E-state index in [0.717, 1.165) is 10.8 Å². The number of fused-ring (bicyclic) bond motifs is 1. The van der Waals surface area contributed by atoms with Crippen LogP contribution in [-0.4, -0.2) is 45.1 Å². The first-order chi connectivity index (χ1) is 19.1. The number of rotatable bonds is 8. The third-order valence-corrected chi connectivity index (χ3v) is 6.41. The molecule has 0 aliphatic heterocycles. The van der Waals surface area contributed by atoms with E-state index >= 15 is 0 Å². The second kappa shape index (κ2) is 12.6. The van der Waals surface area contributed by atoms with Crippen molar-refractivity contribution < 1.29 is 24.2 Å². The van der Waals surface area contributed by atoms with Crippen LogP contribution in [-0.2, 0) is 14.3 Å². The molecule has 0 aliphatic carbocycles. The Hall–Kier alpha value is -4.07. The minimum Gasteiger partial charge on any atom is -0.508 e. The molecule has 3 amide bonds. The fourth-order valence-corrected chi connectivity index (χ4v) is 4.75. The Morgan fingerprint density at radius 1 is 0.878 bits per heavy atom. The molecule has 8 nitrogen and oxygen atoms in total. The van der Waals surface area contributed by atoms with Crippen molar-refractivity contribution in [1.82, 2.24) is 10.2 Å². The minimum atomic E-state index is -1.20. The number of para-hydroxylation sites is 1. The zero-order chi connectivity index (χ0) is 30.5. The van der Waals surface area contributed by atoms with E-state index in [0.29, 0.717) is 12.1 Å². The number of carbonyl (C=O) groups excluding carboxylic acids is 3. The highest BCUT2D eigenvalue weighted by atomic mass is 16.6. The van der Waals surface area contributed by atoms with Crippen LogP contribution in [0.1, 0.15) is 73.4 Å². The summed E-state index contributed by atoms with van der Waals surface area (Å²) in [4.78, 5) is 42.7. The fraction of sp³-hybridized carbons (Fsp3) is 0.424. The van der Waals surface area contributed by atoms with Gasteiger partial charge in [0.15, 0.2) is 0 Å². The standard InChI is InChI=1S/C33H43N3O5/c1-21(2)19-26(35-31(40)41-33(6,7)8)30(39)36(32(3,4)5)28(25-15-11-12-16-27(25)37)29(38)34-24-18-17-22-13-9-10-14-23(22)20-24/h9-18,20-21,26,28,37H,19H2,1-8H3,(H,34,38)(H,35,40). The van der Waals surface area contributed by atoms with Crippen molar-refractivity contribution in [3.63, 3.8) is 0 Å². The molecule has 3 rings (SSSR count). The van der Waals surface area contributed by atoms with Gasteiger partial charge in [-0.3, -0.25) is 9.59 Å². The number of benzene rings is 3. The molecule has 8 heteroatoms. The van der Waals surface area contributed by atoms with Crippen LogP contribution in [0.2, 0.25) is 0 Å². The van der Waals surface area contributed by atoms with Crippen LogP contribution >= 0.6 is 0 Å². The first kappa shape index (κ1) is 31.5. The first-order valence-electron chi connectivity index (χ1n) is 14.0. The largest absolute Gasteiger partial charge is 0.508 e. The molecule has 3 aromatic carbocycles. The first-order valence-corrected chi connectivity index (χ1v) is 14.0. The van der Waals surface area contributed by atoms with Gasteiger partial charge in [-0.05, 0) is 82.9 Å². The van der Waals surface area contributed by atoms with E-state index in [1.165, 1.54) is 11.0 Å². The van der Waals surface area contributed by atoms with E-state index in [-0.39, 0.29) is 17.2 Å². The van der Waals surface area contributed by atoms with Crippen molar-refractivity contribution in [2.24, 2.45) is 5.92 Å². The van der Waals surface area contributed by atoms with Crippen LogP contribution in [0.5, 0.6) is 5.75 Å². The van der Waals surface area contributed by atoms with E-state index in [9.17, 15) is 19.5 Å². The maximum Gasteiger partial charge on any atom is 0.408 e. The summed E-state index contributed by atoms with van der Waals surface area (Å²) in [7, 11) is 0. The van der Waals surface area contributed by atoms with Gasteiger partial charge in [-0.15, -0.1) is 0 Å². The van der Waals surface area contributed by atoms with E-state index in [1.54, 1.807) is 45.0 Å². The highest BCUT2D eigenvalue weighted by molar-refractivity contribution is 6.01. The smallest absolute Gasteiger partial charge is 0.408 e. The molecule has 41 heavy (non-hydrogen) atoms. The molecule has 2 unspecified atom stereocenters. The van der Waals surface area contributed by atoms with Crippen molar-refractivity contribution >= 4 is 34.4 Å². The predicted molar refractivity (Wildman–Crippen MR) is 163 cm³/mol. The van der Waals surface area contributed by atoms with E-state index < -0.39 is 41.1 Å². The fourth-order valence-electron chi connectivity index (χ4n) is 4.75. The van der Waals surface area contributed by atoms with E-state index in [2.05, 4.69) is 10.6 Å². The molecule has 3 N–H and O–H groups in total. The summed E-state index contributed by atoms with van der Waals surface area (Å²) in [6, 6.07) is 17.7. The number of anilines is 1. The zero-order valence-corrected chi connectivity index (χ0v) is 25.3. The van der Waals surface area contributed by atoms with Gasteiger partial charge in [0.05, 0.1) is 0 Å². The molecule has 0 bridgehead atoms. The molecule has 0 spiro atoms. The second-order valence-electron chi connectivity index (χ2n) is 12.7. The topological polar surface area (TPSA) is 108 Å². The summed E-state index contributed by atoms with van der Waals surface area (Å²) in [6.07, 6.45) is -0.394. The van der Waals surface area contributed by atoms with Gasteiger partial charge in [-0.25, -0.2) is 4.79 Å². The Morgan fingerprint density at radius 2 is 1.49 bits per heavy atom. The third kappa shape index (κ3) is 8.46. The molecule has 0 saturated heterocycles. The molecule has 2 atom stereocenters. The highest BCUT2D eigenvalue weighted by Crippen LogP contribution is 2.36. The minimum absolute atomic E-state index is 0.0516. The van der Waals surface area contributed by atoms with Gasteiger partial charge in [0.2, 0.25) is 5.91 Å². The van der Waals surface area contributed by atoms with E-state index in [1.807, 2.05) is 71.0 Å². The third-order valence-electron chi connectivity index (χ3n) is 6.41. The summed E-state index contributed by atoms with van der Waals surface area (Å²) in [5, 5.41) is 18.6. The molecule has 0 radical (unpaired) electrons. The van der Waals surface area contributed by atoms with Gasteiger partial charge >= 0.3 is 6.09 Å². The van der Waals surface area contributed by atoms with E-state index in [4.69, 9.17) is 4.74 Å². The quantitative estimate of drug-likeness (QED) is 0.281. The summed E-state index contributed by atoms with van der Waals surface area (Å²) < 4.78 is 5.45. The molecule has 0 saturated carbocycles. The number of hydrogen-bond acceptors (Lipinski definition) is 5. The summed E-state index contributed by atoms with van der Waals surface area (Å²) >= 11 is 0. The van der Waals surface area contributed by atoms with Crippen LogP contribution in [0.25, 0.3) is 10.8 Å². The lowest BCUT2D eigenvalue weighted by atomic mass is 9.93. The Balaban J connectivity index is 2.08. The Kier molecular flexibility index (Phi) is 9.69. The molecule has 0 aromatic heterocycles. The van der Waals surface area contributed by atoms with Gasteiger partial charge in [0.25, 0.3) is 5.91 Å². The Morgan fingerprint density at radius 3 is 2.07 bits per heavy atom. The maximum atomic E-state index is 14.4. The number of nitrogens with zero attached hydrogens (tertiary/aromatic N) is 1. The molecule has 220 valence electrons. The number of phenolic OH excluding ortho intramolecular Hbond substituents is 1. The van der Waals surface area contributed by atoms with Crippen LogP contribution in [0.15, 0.2) is 66.7 Å². The number of alkyl carbamates (subject to hydrolysis) is 1. The molecule has 0 heterocycles. The monoisotopic (exact) mass is 561 g/mol. The van der Waals surface area contributed by atoms with Crippen LogP contribution < -0.4 is 10.6 Å². The number of aromatic hydroxyl groups is 1. The lowest BCUT2D eigenvalue weighted by Gasteiger charge is -2.43. The van der Waals surface area contributed by atoms with Crippen molar-refractivity contribution in [3.8, 4) is 5.75 Å². The number of phenols is 1. The van der Waals surface area contributed by atoms with Crippen molar-refractivity contribution in [1.29, 1.82) is 0 Å². The lowest BCUT2D eigenvalue weighted by Crippen LogP contribution is -2.58. The molecule has 0 fully saturated rings. The molecule has 3 aromatic rings. The normalized spacial score (nSPS) is 13.4. The number of amides is 3. The van der Waals surface area contributed by atoms with Crippen LogP contribution in [0, 0.1) is 5.92 Å². The number of ether oxygens (including phenoxy) is 1. The van der Waals surface area contributed by atoms with Gasteiger partial charge in [-0.2, -0.15) is 0 Å². The molecular weight excluding hydrogens is 518 g/mol. The van der Waals surface area contributed by atoms with Crippen molar-refractivity contribution in [2.75, 3.05) is 5.32 Å². The SMILES string of the molecule is CC(C)CC(NC(=O)OC(C)(C)C)C(=O)N(C(C(=O)Nc1ccc2ccccc2c1)c1ccccc1O)C(C)(C)C. The molecule has 0 aliphatic rings. The van der Waals surface area contributed by atoms with Crippen molar-refractivity contribution in [2.45, 2.75) is 85.0 Å². The Bertz CT molecular complexity index is 1390. The Labute approximate surface area is 243 Å². The highest BCUT2D eigenvalue weighted by Gasteiger charge is 2.43. The van der Waals surface area contributed by atoms with Gasteiger partial charge < -0.3 is 25.4 Å². The lowest BCUT2D eigenvalue weighted by molar-refractivity contribution is -0.147. The number of carbonyl (C=O) groups is 3. The summed E-state index contributed by atoms with van der Waals surface area (Å²) in [6.45, 7) is 14.6. The predicted octanol–water partition coefficient (Wildman–Crippen LogP) is 6.79. The van der Waals surface area contributed by atoms with Crippen LogP contribution in [0.4, 0.5) is 10.5 Å². The van der Waals surface area contributed by atoms with Gasteiger partial charge in [-0.1, -0.05) is 62.4 Å². The maximum absolute atomic E-state index is 14.4. The number of hydrogen-bond donors (Lipinski definition) is 3. The second-order valence-corrected chi connectivity index (χ2v) is 12.7. The van der Waals surface area contributed by atoms with Crippen molar-refractivity contribution in [3.05, 3.63) is 72.3 Å². The summed E-state index contributed by atoms with van der Waals surface area (Å²) in [5.74, 6) is -1.02. The zero-order valence-electron chi connectivity index (χ0n) is 25.3. The number of nitrogens with one attached hydrogen (secondary N) is 2. The van der Waals surface area contributed by atoms with Gasteiger partial charge in [0.1, 0.15) is 23.4 Å². The summed E-state index contributed by atoms with van der Waals surface area (Å²) in [5.41, 5.74) is -0.803. The average molecular weight is 562 g/mol. The molecular formula is C33H43N3O5. The average Bonchev–Trinajstić information content (AvgIpc) is 2.84.